The van der Waals surface area contributed by atoms with Crippen LogP contribution in [-0.4, -0.2) is 108 Å². The number of phenols is 2. The largest absolute Gasteiger partial charge is 0.508 e. The van der Waals surface area contributed by atoms with Gasteiger partial charge in [0, 0.05) is 5.56 Å². The summed E-state index contributed by atoms with van der Waals surface area (Å²) in [7, 11) is 0. The number of hydrogen-bond acceptors (Lipinski definition) is 13. The number of aromatic hydroxyl groups is 2. The van der Waals surface area contributed by atoms with Gasteiger partial charge in [-0.05, 0) is 36.8 Å². The SMILES string of the molecule is C[C@@H]1O[C@@H](O[C@@H]2[C@@H](O)[C@H](O)[C@@H](CO)O[C@H]2c2ccc(O)c3c2O[C@H](c2ccc(O)cc2)CC3=O)[C@H](O)[C@H](O)[C@H]1O. The number of rotatable bonds is 5. The Morgan fingerprint density at radius 2 is 1.57 bits per heavy atom. The minimum Gasteiger partial charge on any atom is -0.508 e. The van der Waals surface area contributed by atoms with Gasteiger partial charge in [-0.15, -0.1) is 0 Å². The topological polar surface area (TPSA) is 216 Å². The molecule has 2 saturated heterocycles. The zero-order valence-corrected chi connectivity index (χ0v) is 21.3. The maximum absolute atomic E-state index is 13.2. The normalized spacial score (nSPS) is 38.0. The van der Waals surface area contributed by atoms with Crippen molar-refractivity contribution in [1.29, 1.82) is 0 Å². The summed E-state index contributed by atoms with van der Waals surface area (Å²) < 4.78 is 23.5. The van der Waals surface area contributed by atoms with Gasteiger partial charge in [0.2, 0.25) is 0 Å². The number of fused-ring (bicyclic) bond motifs is 1. The van der Waals surface area contributed by atoms with Crippen molar-refractivity contribution in [2.75, 3.05) is 6.61 Å². The van der Waals surface area contributed by atoms with Crippen LogP contribution >= 0.6 is 0 Å². The van der Waals surface area contributed by atoms with Crippen molar-refractivity contribution >= 4 is 5.78 Å². The van der Waals surface area contributed by atoms with E-state index in [1.54, 1.807) is 12.1 Å². The Kier molecular flexibility index (Phi) is 8.03. The number of ether oxygens (including phenoxy) is 4. The van der Waals surface area contributed by atoms with Gasteiger partial charge in [0.15, 0.2) is 12.1 Å². The number of aliphatic hydroxyl groups excluding tert-OH is 6. The van der Waals surface area contributed by atoms with Crippen LogP contribution in [0.3, 0.4) is 0 Å². The van der Waals surface area contributed by atoms with E-state index in [0.29, 0.717) is 5.56 Å². The van der Waals surface area contributed by atoms with Gasteiger partial charge in [-0.1, -0.05) is 12.1 Å². The van der Waals surface area contributed by atoms with Gasteiger partial charge in [-0.3, -0.25) is 4.79 Å². The number of phenolic OH excluding ortho intramolecular Hbond substituents is 2. The molecule has 0 saturated carbocycles. The molecular formula is C27H32O13. The standard InChI is InChI=1S/C27H32O13/c1-10-19(32)21(34)23(36)27(37-10)40-26-22(35)20(33)17(9-28)39-25(26)13-6-7-14(30)18-15(31)8-16(38-24(13)18)11-2-4-12(29)5-3-11/h2-7,10,16-17,19-23,25-30,32-36H,8-9H2,1H3/t10-,16-,17+,19-,20+,21+,22-,23+,25-,26+,27-/m0/s1. The lowest BCUT2D eigenvalue weighted by Gasteiger charge is -2.46. The Balaban J connectivity index is 1.54. The van der Waals surface area contributed by atoms with Crippen LogP contribution in [0.5, 0.6) is 17.2 Å². The van der Waals surface area contributed by atoms with Crippen LogP contribution in [0.1, 0.15) is 47.0 Å². The second-order valence-corrected chi connectivity index (χ2v) is 10.2. The third-order valence-corrected chi connectivity index (χ3v) is 7.61. The van der Waals surface area contributed by atoms with Crippen molar-refractivity contribution in [3.8, 4) is 17.2 Å². The van der Waals surface area contributed by atoms with Gasteiger partial charge in [-0.25, -0.2) is 0 Å². The first-order chi connectivity index (χ1) is 19.0. The zero-order chi connectivity index (χ0) is 28.9. The molecule has 5 rings (SSSR count). The van der Waals surface area contributed by atoms with E-state index in [1.807, 2.05) is 0 Å². The molecule has 218 valence electrons. The highest BCUT2D eigenvalue weighted by atomic mass is 16.7. The lowest BCUT2D eigenvalue weighted by Crippen LogP contribution is -2.61. The summed E-state index contributed by atoms with van der Waals surface area (Å²) in [6.45, 7) is 0.749. The first-order valence-electron chi connectivity index (χ1n) is 12.8. The summed E-state index contributed by atoms with van der Waals surface area (Å²) in [5.74, 6) is -0.885. The van der Waals surface area contributed by atoms with E-state index in [1.165, 1.54) is 31.2 Å². The minimum absolute atomic E-state index is 0.0156. The number of carbonyl (C=O) groups excluding carboxylic acids is 1. The molecule has 2 fully saturated rings. The van der Waals surface area contributed by atoms with Crippen molar-refractivity contribution in [3.05, 3.63) is 53.1 Å². The molecule has 0 spiro atoms. The minimum atomic E-state index is -1.74. The molecule has 3 aliphatic rings. The molecule has 3 aliphatic heterocycles. The van der Waals surface area contributed by atoms with E-state index in [2.05, 4.69) is 0 Å². The fraction of sp³-hybridized carbons (Fsp3) is 0.519. The van der Waals surface area contributed by atoms with Crippen molar-refractivity contribution in [1.82, 2.24) is 0 Å². The van der Waals surface area contributed by atoms with E-state index >= 15 is 0 Å². The molecule has 40 heavy (non-hydrogen) atoms. The molecule has 11 atom stereocenters. The van der Waals surface area contributed by atoms with Gasteiger partial charge in [0.05, 0.1) is 19.1 Å². The Morgan fingerprint density at radius 1 is 0.875 bits per heavy atom. The Labute approximate surface area is 228 Å². The van der Waals surface area contributed by atoms with Gasteiger partial charge in [0.25, 0.3) is 0 Å². The average molecular weight is 565 g/mol. The maximum Gasteiger partial charge on any atom is 0.187 e. The highest BCUT2D eigenvalue weighted by Crippen LogP contribution is 2.47. The highest BCUT2D eigenvalue weighted by molar-refractivity contribution is 6.03. The van der Waals surface area contributed by atoms with Crippen molar-refractivity contribution in [3.63, 3.8) is 0 Å². The molecule has 13 nitrogen and oxygen atoms in total. The molecule has 3 heterocycles. The lowest BCUT2D eigenvalue weighted by molar-refractivity contribution is -0.338. The lowest BCUT2D eigenvalue weighted by atomic mass is 9.87. The second kappa shape index (κ2) is 11.2. The summed E-state index contributed by atoms with van der Waals surface area (Å²) >= 11 is 0. The second-order valence-electron chi connectivity index (χ2n) is 10.2. The number of aliphatic hydroxyl groups is 6. The number of Topliss-reactive ketones (excluding diaryl/α,β-unsaturated/α-hetero) is 1. The van der Waals surface area contributed by atoms with Gasteiger partial charge in [0.1, 0.15) is 77.7 Å². The fourth-order valence-corrected chi connectivity index (χ4v) is 5.31. The Hall–Kier alpha value is -2.85. The van der Waals surface area contributed by atoms with Crippen molar-refractivity contribution < 1.29 is 64.6 Å². The number of ketones is 1. The van der Waals surface area contributed by atoms with Crippen molar-refractivity contribution in [2.45, 2.75) is 80.7 Å². The molecule has 13 heteroatoms. The average Bonchev–Trinajstić information content (AvgIpc) is 2.93. The van der Waals surface area contributed by atoms with Gasteiger partial charge < -0.3 is 59.8 Å². The van der Waals surface area contributed by atoms with E-state index in [4.69, 9.17) is 18.9 Å². The molecule has 0 amide bonds. The van der Waals surface area contributed by atoms with E-state index in [9.17, 15) is 45.6 Å². The summed E-state index contributed by atoms with van der Waals surface area (Å²) in [4.78, 5) is 13.2. The molecule has 0 radical (unpaired) electrons. The maximum atomic E-state index is 13.2. The fourth-order valence-electron chi connectivity index (χ4n) is 5.31. The Morgan fingerprint density at radius 3 is 2.25 bits per heavy atom. The third-order valence-electron chi connectivity index (χ3n) is 7.61. The molecule has 0 bridgehead atoms. The van der Waals surface area contributed by atoms with Crippen LogP contribution in [0.2, 0.25) is 0 Å². The van der Waals surface area contributed by atoms with E-state index in [-0.39, 0.29) is 34.8 Å². The van der Waals surface area contributed by atoms with E-state index in [0.717, 1.165) is 0 Å². The van der Waals surface area contributed by atoms with Gasteiger partial charge >= 0.3 is 0 Å². The Bertz CT molecular complexity index is 1220. The van der Waals surface area contributed by atoms with Gasteiger partial charge in [-0.2, -0.15) is 0 Å². The van der Waals surface area contributed by atoms with E-state index < -0.39 is 79.7 Å². The van der Waals surface area contributed by atoms with Crippen LogP contribution in [-0.2, 0) is 14.2 Å². The number of carbonyl (C=O) groups is 1. The predicted molar refractivity (Wildman–Crippen MR) is 132 cm³/mol. The van der Waals surface area contributed by atoms with Crippen LogP contribution < -0.4 is 4.74 Å². The molecule has 0 unspecified atom stereocenters. The smallest absolute Gasteiger partial charge is 0.187 e. The summed E-state index contributed by atoms with van der Waals surface area (Å²) in [6.07, 6.45) is -15.8. The molecule has 0 aliphatic carbocycles. The quantitative estimate of drug-likeness (QED) is 0.223. The molecule has 8 N–H and O–H groups in total. The highest BCUT2D eigenvalue weighted by Gasteiger charge is 2.51. The summed E-state index contributed by atoms with van der Waals surface area (Å²) in [6, 6.07) is 8.63. The van der Waals surface area contributed by atoms with Crippen molar-refractivity contribution in [2.24, 2.45) is 0 Å². The zero-order valence-electron chi connectivity index (χ0n) is 21.3. The van der Waals surface area contributed by atoms with Crippen LogP contribution in [0.25, 0.3) is 0 Å². The number of benzene rings is 2. The first kappa shape index (κ1) is 28.7. The third kappa shape index (κ3) is 5.04. The summed E-state index contributed by atoms with van der Waals surface area (Å²) in [5.41, 5.74) is 0.544. The van der Waals surface area contributed by atoms with Crippen LogP contribution in [0.4, 0.5) is 0 Å². The van der Waals surface area contributed by atoms with Crippen LogP contribution in [0, 0.1) is 0 Å². The molecule has 0 aromatic heterocycles. The monoisotopic (exact) mass is 564 g/mol. The summed E-state index contributed by atoms with van der Waals surface area (Å²) in [5, 5.41) is 82.4. The molecule has 2 aromatic rings. The number of hydrogen-bond donors (Lipinski definition) is 8. The molecule has 2 aromatic carbocycles. The van der Waals surface area contributed by atoms with Crippen LogP contribution in [0.15, 0.2) is 36.4 Å². The molecular weight excluding hydrogens is 532 g/mol. The first-order valence-corrected chi connectivity index (χ1v) is 12.8. The predicted octanol–water partition coefficient (Wildman–Crippen LogP) is -0.829.